The first kappa shape index (κ1) is 14.0. The summed E-state index contributed by atoms with van der Waals surface area (Å²) in [4.78, 5) is 0. The predicted molar refractivity (Wildman–Crippen MR) is 63.6 cm³/mol. The second kappa shape index (κ2) is 8.28. The van der Waals surface area contributed by atoms with Crippen LogP contribution in [0.25, 0.3) is 0 Å². The van der Waals surface area contributed by atoms with Gasteiger partial charge in [0.15, 0.2) is 0 Å². The summed E-state index contributed by atoms with van der Waals surface area (Å²) >= 11 is 0. The summed E-state index contributed by atoms with van der Waals surface area (Å²) in [5.74, 6) is 1.42. The number of ether oxygens (including phenoxy) is 1. The highest BCUT2D eigenvalue weighted by Crippen LogP contribution is 2.21. The summed E-state index contributed by atoms with van der Waals surface area (Å²) in [6, 6.07) is 0. The Kier molecular flexibility index (Phi) is 8.26. The lowest BCUT2D eigenvalue weighted by Crippen LogP contribution is -2.26. The second-order valence-corrected chi connectivity index (χ2v) is 4.65. The van der Waals surface area contributed by atoms with E-state index in [-0.39, 0.29) is 0 Å². The van der Waals surface area contributed by atoms with Crippen LogP contribution in [-0.2, 0) is 4.74 Å². The van der Waals surface area contributed by atoms with Gasteiger partial charge in [0, 0.05) is 6.61 Å². The minimum atomic E-state index is 0.478. The molecule has 0 radical (unpaired) electrons. The molecule has 0 aromatic rings. The largest absolute Gasteiger partial charge is 0.378 e. The summed E-state index contributed by atoms with van der Waals surface area (Å²) in [5, 5.41) is 0. The summed E-state index contributed by atoms with van der Waals surface area (Å²) in [6.45, 7) is 12.3. The van der Waals surface area contributed by atoms with Crippen molar-refractivity contribution in [2.24, 2.45) is 11.8 Å². The molecular formula is C13H28O. The first-order valence-electron chi connectivity index (χ1n) is 6.25. The molecule has 2 unspecified atom stereocenters. The van der Waals surface area contributed by atoms with Gasteiger partial charge in [-0.3, -0.25) is 0 Å². The highest BCUT2D eigenvalue weighted by molar-refractivity contribution is 4.69. The van der Waals surface area contributed by atoms with E-state index in [1.807, 2.05) is 0 Å². The molecule has 0 aliphatic rings. The number of hydrogen-bond acceptors (Lipinski definition) is 1. The molecule has 0 amide bonds. The third-order valence-electron chi connectivity index (χ3n) is 3.04. The van der Waals surface area contributed by atoms with Gasteiger partial charge in [-0.2, -0.15) is 0 Å². The van der Waals surface area contributed by atoms with Crippen LogP contribution >= 0.6 is 0 Å². The average molecular weight is 200 g/mol. The lowest BCUT2D eigenvalue weighted by molar-refractivity contribution is -0.00329. The van der Waals surface area contributed by atoms with Crippen LogP contribution in [0, 0.1) is 11.8 Å². The van der Waals surface area contributed by atoms with Gasteiger partial charge in [-0.15, -0.1) is 0 Å². The van der Waals surface area contributed by atoms with Crippen LogP contribution in [0.3, 0.4) is 0 Å². The van der Waals surface area contributed by atoms with E-state index in [1.165, 1.54) is 25.7 Å². The Morgan fingerprint density at radius 1 is 1.00 bits per heavy atom. The molecule has 0 aliphatic carbocycles. The molecule has 1 heteroatoms. The molecule has 0 saturated heterocycles. The molecule has 1 nitrogen and oxygen atoms in total. The number of rotatable bonds is 8. The molecule has 14 heavy (non-hydrogen) atoms. The van der Waals surface area contributed by atoms with Crippen molar-refractivity contribution in [3.05, 3.63) is 0 Å². The summed E-state index contributed by atoms with van der Waals surface area (Å²) < 4.78 is 5.95. The zero-order chi connectivity index (χ0) is 11.0. The maximum absolute atomic E-state index is 5.95. The van der Waals surface area contributed by atoms with Crippen molar-refractivity contribution in [1.29, 1.82) is 0 Å². The van der Waals surface area contributed by atoms with Gasteiger partial charge in [0.1, 0.15) is 0 Å². The quantitative estimate of drug-likeness (QED) is 0.532. The predicted octanol–water partition coefficient (Wildman–Crippen LogP) is 4.26. The van der Waals surface area contributed by atoms with E-state index < -0.39 is 0 Å². The Labute approximate surface area is 90.2 Å². The van der Waals surface area contributed by atoms with E-state index in [0.29, 0.717) is 12.0 Å². The van der Waals surface area contributed by atoms with Gasteiger partial charge in [-0.05, 0) is 24.7 Å². The van der Waals surface area contributed by atoms with Gasteiger partial charge < -0.3 is 4.74 Å². The lowest BCUT2D eigenvalue weighted by atomic mass is 9.90. The molecule has 0 aliphatic heterocycles. The standard InChI is InChI=1S/C13H28O/c1-6-8-10-14-13(9-7-2)12(5)11(3)4/h11-13H,6-10H2,1-5H3. The van der Waals surface area contributed by atoms with Crippen molar-refractivity contribution in [2.75, 3.05) is 6.61 Å². The maximum atomic E-state index is 5.95. The molecule has 0 N–H and O–H groups in total. The van der Waals surface area contributed by atoms with Crippen molar-refractivity contribution in [2.45, 2.75) is 66.4 Å². The van der Waals surface area contributed by atoms with E-state index in [1.54, 1.807) is 0 Å². The Hall–Kier alpha value is -0.0400. The van der Waals surface area contributed by atoms with Crippen molar-refractivity contribution >= 4 is 0 Å². The van der Waals surface area contributed by atoms with E-state index in [2.05, 4.69) is 34.6 Å². The van der Waals surface area contributed by atoms with Crippen molar-refractivity contribution in [3.63, 3.8) is 0 Å². The third kappa shape index (κ3) is 5.64. The van der Waals surface area contributed by atoms with Crippen LogP contribution in [0.2, 0.25) is 0 Å². The van der Waals surface area contributed by atoms with E-state index in [9.17, 15) is 0 Å². The highest BCUT2D eigenvalue weighted by atomic mass is 16.5. The fourth-order valence-electron chi connectivity index (χ4n) is 1.59. The van der Waals surface area contributed by atoms with Crippen molar-refractivity contribution < 1.29 is 4.74 Å². The summed E-state index contributed by atoms with van der Waals surface area (Å²) in [7, 11) is 0. The molecule has 0 aromatic heterocycles. The van der Waals surface area contributed by atoms with E-state index >= 15 is 0 Å². The summed E-state index contributed by atoms with van der Waals surface area (Å²) in [5.41, 5.74) is 0. The topological polar surface area (TPSA) is 9.23 Å². The minimum absolute atomic E-state index is 0.478. The van der Waals surface area contributed by atoms with Crippen LogP contribution in [0.15, 0.2) is 0 Å². The molecule has 0 rings (SSSR count). The molecular weight excluding hydrogens is 172 g/mol. The number of hydrogen-bond donors (Lipinski definition) is 0. The highest BCUT2D eigenvalue weighted by Gasteiger charge is 2.19. The molecule has 86 valence electrons. The monoisotopic (exact) mass is 200 g/mol. The van der Waals surface area contributed by atoms with Crippen LogP contribution in [0.1, 0.15) is 60.3 Å². The fraction of sp³-hybridized carbons (Fsp3) is 1.00. The van der Waals surface area contributed by atoms with E-state index in [0.717, 1.165) is 12.5 Å². The van der Waals surface area contributed by atoms with Crippen molar-refractivity contribution in [1.82, 2.24) is 0 Å². The zero-order valence-electron chi connectivity index (χ0n) is 10.7. The molecule has 0 aromatic carbocycles. The van der Waals surface area contributed by atoms with E-state index in [4.69, 9.17) is 4.74 Å². The Bertz CT molecular complexity index is 120. The van der Waals surface area contributed by atoms with Gasteiger partial charge in [0.05, 0.1) is 6.10 Å². The lowest BCUT2D eigenvalue weighted by Gasteiger charge is -2.27. The van der Waals surface area contributed by atoms with Crippen LogP contribution < -0.4 is 0 Å². The Balaban J connectivity index is 3.87. The zero-order valence-corrected chi connectivity index (χ0v) is 10.7. The minimum Gasteiger partial charge on any atom is -0.378 e. The second-order valence-electron chi connectivity index (χ2n) is 4.65. The van der Waals surface area contributed by atoms with Gasteiger partial charge in [-0.1, -0.05) is 47.5 Å². The smallest absolute Gasteiger partial charge is 0.0603 e. The van der Waals surface area contributed by atoms with Gasteiger partial charge in [-0.25, -0.2) is 0 Å². The normalized spacial score (nSPS) is 15.9. The van der Waals surface area contributed by atoms with Crippen LogP contribution in [0.4, 0.5) is 0 Å². The van der Waals surface area contributed by atoms with Crippen molar-refractivity contribution in [3.8, 4) is 0 Å². The number of unbranched alkanes of at least 4 members (excludes halogenated alkanes) is 1. The Morgan fingerprint density at radius 2 is 1.64 bits per heavy atom. The Morgan fingerprint density at radius 3 is 2.07 bits per heavy atom. The first-order valence-corrected chi connectivity index (χ1v) is 6.25. The SMILES string of the molecule is CCCCOC(CCC)C(C)C(C)C. The average Bonchev–Trinajstić information content (AvgIpc) is 2.15. The molecule has 0 saturated carbocycles. The summed E-state index contributed by atoms with van der Waals surface area (Å²) in [6.07, 6.45) is 5.35. The molecule has 0 bridgehead atoms. The van der Waals surface area contributed by atoms with Crippen LogP contribution in [0.5, 0.6) is 0 Å². The molecule has 0 spiro atoms. The van der Waals surface area contributed by atoms with Gasteiger partial charge in [0.25, 0.3) is 0 Å². The first-order chi connectivity index (χ1) is 6.63. The molecule has 2 atom stereocenters. The maximum Gasteiger partial charge on any atom is 0.0603 e. The fourth-order valence-corrected chi connectivity index (χ4v) is 1.59. The van der Waals surface area contributed by atoms with Gasteiger partial charge >= 0.3 is 0 Å². The molecule has 0 heterocycles. The van der Waals surface area contributed by atoms with Gasteiger partial charge in [0.2, 0.25) is 0 Å². The molecule has 0 fully saturated rings. The van der Waals surface area contributed by atoms with Crippen LogP contribution in [-0.4, -0.2) is 12.7 Å². The third-order valence-corrected chi connectivity index (χ3v) is 3.04.